The first-order valence-electron chi connectivity index (χ1n) is 10.7. The molecule has 2 aromatic rings. The summed E-state index contributed by atoms with van der Waals surface area (Å²) in [5.41, 5.74) is 0.259. The van der Waals surface area contributed by atoms with Crippen molar-refractivity contribution in [2.75, 3.05) is 26.6 Å². The minimum absolute atomic E-state index is 0.0670. The maximum Gasteiger partial charge on any atom is 0.231 e. The quantitative estimate of drug-likeness (QED) is 0.656. The summed E-state index contributed by atoms with van der Waals surface area (Å²) in [4.78, 5) is 14.7. The number of carbonyl (C=O) groups excluding carboxylic acids is 1. The van der Waals surface area contributed by atoms with Crippen LogP contribution < -0.4 is 14.2 Å². The van der Waals surface area contributed by atoms with Crippen LogP contribution in [0, 0.1) is 11.3 Å². The maximum atomic E-state index is 13.3. The van der Waals surface area contributed by atoms with Crippen molar-refractivity contribution in [3.63, 3.8) is 0 Å². The van der Waals surface area contributed by atoms with Crippen LogP contribution in [-0.2, 0) is 10.5 Å². The molecule has 33 heavy (non-hydrogen) atoms. The van der Waals surface area contributed by atoms with Crippen molar-refractivity contribution < 1.29 is 24.1 Å². The number of aliphatic hydroxyl groups is 1. The van der Waals surface area contributed by atoms with Gasteiger partial charge in [0.05, 0.1) is 43.3 Å². The van der Waals surface area contributed by atoms with E-state index in [9.17, 15) is 15.2 Å². The lowest BCUT2D eigenvalue weighted by molar-refractivity contribution is -0.149. The molecule has 0 bridgehead atoms. The van der Waals surface area contributed by atoms with Crippen LogP contribution in [0.1, 0.15) is 36.8 Å². The molecule has 0 aliphatic carbocycles. The fraction of sp³-hybridized carbons (Fsp3) is 0.360. The number of nitrogens with zero attached hydrogens (tertiary/aromatic N) is 2. The van der Waals surface area contributed by atoms with Crippen molar-refractivity contribution in [1.82, 2.24) is 4.90 Å². The highest BCUT2D eigenvalue weighted by atomic mass is 32.2. The Morgan fingerprint density at radius 2 is 2.03 bits per heavy atom. The lowest BCUT2D eigenvalue weighted by Gasteiger charge is -2.38. The van der Waals surface area contributed by atoms with E-state index in [-0.39, 0.29) is 18.1 Å². The summed E-state index contributed by atoms with van der Waals surface area (Å²) < 4.78 is 16.5. The van der Waals surface area contributed by atoms with Crippen LogP contribution in [-0.4, -0.2) is 42.5 Å². The summed E-state index contributed by atoms with van der Waals surface area (Å²) in [5, 5.41) is 22.1. The zero-order valence-corrected chi connectivity index (χ0v) is 19.6. The van der Waals surface area contributed by atoms with Gasteiger partial charge in [0, 0.05) is 17.9 Å². The Morgan fingerprint density at radius 1 is 1.21 bits per heavy atom. The molecule has 1 fully saturated rings. The van der Waals surface area contributed by atoms with E-state index in [0.717, 1.165) is 12.0 Å². The van der Waals surface area contributed by atoms with Gasteiger partial charge in [0.2, 0.25) is 5.91 Å². The molecule has 8 heteroatoms. The summed E-state index contributed by atoms with van der Waals surface area (Å²) in [6.07, 6.45) is 0.938. The topological polar surface area (TPSA) is 92.0 Å². The number of methoxy groups -OCH3 is 2. The first kappa shape index (κ1) is 23.0. The van der Waals surface area contributed by atoms with Gasteiger partial charge in [0.15, 0.2) is 17.2 Å². The van der Waals surface area contributed by atoms with Crippen LogP contribution in [0.4, 0.5) is 0 Å². The van der Waals surface area contributed by atoms with Crippen molar-refractivity contribution in [3.8, 4) is 23.3 Å². The number of allylic oxidation sites excluding steroid dienone is 1. The monoisotopic (exact) mass is 466 g/mol. The lowest BCUT2D eigenvalue weighted by atomic mass is 9.85. The number of ether oxygens (including phenoxy) is 3. The largest absolute Gasteiger partial charge is 0.497 e. The van der Waals surface area contributed by atoms with E-state index in [1.54, 1.807) is 38.5 Å². The molecule has 0 spiro atoms. The summed E-state index contributed by atoms with van der Waals surface area (Å²) in [6.45, 7) is 2.59. The number of fused-ring (bicyclic) bond motifs is 1. The van der Waals surface area contributed by atoms with Crippen molar-refractivity contribution in [2.24, 2.45) is 0 Å². The third-order valence-electron chi connectivity index (χ3n) is 5.89. The Morgan fingerprint density at radius 3 is 2.73 bits per heavy atom. The van der Waals surface area contributed by atoms with Crippen LogP contribution in [0.15, 0.2) is 53.1 Å². The number of nitriles is 1. The molecule has 2 heterocycles. The summed E-state index contributed by atoms with van der Waals surface area (Å²) in [5.74, 6) is 1.33. The van der Waals surface area contributed by atoms with E-state index in [0.29, 0.717) is 40.0 Å². The first-order chi connectivity index (χ1) is 16.0. The zero-order valence-electron chi connectivity index (χ0n) is 18.8. The van der Waals surface area contributed by atoms with E-state index >= 15 is 0 Å². The number of hydrogen-bond donors (Lipinski definition) is 1. The van der Waals surface area contributed by atoms with Gasteiger partial charge in [-0.3, -0.25) is 9.69 Å². The third-order valence-corrected chi connectivity index (χ3v) is 7.12. The number of carbonyl (C=O) groups is 1. The number of rotatable bonds is 7. The second kappa shape index (κ2) is 9.38. The molecule has 2 unspecified atom stereocenters. The molecule has 2 atom stereocenters. The molecule has 1 saturated heterocycles. The number of amides is 1. The van der Waals surface area contributed by atoms with E-state index in [2.05, 4.69) is 6.07 Å². The van der Waals surface area contributed by atoms with Gasteiger partial charge in [-0.15, -0.1) is 11.8 Å². The predicted molar refractivity (Wildman–Crippen MR) is 125 cm³/mol. The van der Waals surface area contributed by atoms with Crippen molar-refractivity contribution >= 4 is 17.7 Å². The third kappa shape index (κ3) is 4.03. The van der Waals surface area contributed by atoms with Gasteiger partial charge in [-0.2, -0.15) is 5.26 Å². The van der Waals surface area contributed by atoms with Crippen molar-refractivity contribution in [1.29, 1.82) is 5.26 Å². The smallest absolute Gasteiger partial charge is 0.231 e. The molecule has 0 radical (unpaired) electrons. The molecule has 2 aliphatic heterocycles. The van der Waals surface area contributed by atoms with Crippen LogP contribution in [0.2, 0.25) is 0 Å². The van der Waals surface area contributed by atoms with Gasteiger partial charge >= 0.3 is 0 Å². The van der Waals surface area contributed by atoms with Gasteiger partial charge in [0.25, 0.3) is 0 Å². The number of benzene rings is 2. The Bertz CT molecular complexity index is 1140. The van der Waals surface area contributed by atoms with Gasteiger partial charge in [-0.1, -0.05) is 25.1 Å². The predicted octanol–water partition coefficient (Wildman–Crippen LogP) is 4.14. The van der Waals surface area contributed by atoms with Gasteiger partial charge < -0.3 is 19.3 Å². The highest BCUT2D eigenvalue weighted by Gasteiger charge is 2.52. The van der Waals surface area contributed by atoms with E-state index < -0.39 is 11.6 Å². The Labute approximate surface area is 197 Å². The minimum atomic E-state index is -1.55. The molecular formula is C25H26N2O5S. The highest BCUT2D eigenvalue weighted by Crippen LogP contribution is 2.52. The second-order valence-electron chi connectivity index (χ2n) is 7.91. The molecule has 2 aliphatic rings. The second-order valence-corrected chi connectivity index (χ2v) is 8.88. The van der Waals surface area contributed by atoms with Crippen LogP contribution >= 0.6 is 11.8 Å². The molecule has 1 N–H and O–H groups in total. The van der Waals surface area contributed by atoms with Crippen LogP contribution in [0.5, 0.6) is 17.2 Å². The van der Waals surface area contributed by atoms with Crippen LogP contribution in [0.25, 0.3) is 0 Å². The molecular weight excluding hydrogens is 440 g/mol. The summed E-state index contributed by atoms with van der Waals surface area (Å²) >= 11 is 1.32. The lowest BCUT2D eigenvalue weighted by Crippen LogP contribution is -2.48. The molecule has 0 saturated carbocycles. The van der Waals surface area contributed by atoms with Crippen LogP contribution in [0.3, 0.4) is 0 Å². The standard InChI is InChI=1S/C25H26N2O5S/c1-4-10-32-21-9-8-16(11-22(21)31-3)19-13-23(28)27-24(20(19)14-26)33-15-25(27,29)17-6-5-7-18(12-17)30-2/h5-9,11-12,19,29H,4,10,13,15H2,1-3H3. The summed E-state index contributed by atoms with van der Waals surface area (Å²) in [6, 6.07) is 14.8. The SMILES string of the molecule is CCCOc1ccc(C2CC(=O)N3C(=C2C#N)SCC3(O)c2cccc(OC)c2)cc1OC. The molecule has 172 valence electrons. The number of thioether (sulfide) groups is 1. The summed E-state index contributed by atoms with van der Waals surface area (Å²) in [7, 11) is 3.12. The normalized spacial score (nSPS) is 22.1. The van der Waals surface area contributed by atoms with E-state index in [4.69, 9.17) is 14.2 Å². The Kier molecular flexibility index (Phi) is 6.54. The first-order valence-corrected chi connectivity index (χ1v) is 11.7. The average molecular weight is 467 g/mol. The van der Waals surface area contributed by atoms with Crippen molar-refractivity contribution in [2.45, 2.75) is 31.4 Å². The minimum Gasteiger partial charge on any atom is -0.497 e. The van der Waals surface area contributed by atoms with E-state index in [1.165, 1.54) is 16.7 Å². The Balaban J connectivity index is 1.74. The van der Waals surface area contributed by atoms with Gasteiger partial charge in [-0.05, 0) is 36.2 Å². The average Bonchev–Trinajstić information content (AvgIpc) is 3.21. The van der Waals surface area contributed by atoms with Gasteiger partial charge in [0.1, 0.15) is 5.75 Å². The molecule has 1 amide bonds. The fourth-order valence-corrected chi connectivity index (χ4v) is 5.59. The number of hydrogen-bond acceptors (Lipinski definition) is 7. The fourth-order valence-electron chi connectivity index (χ4n) is 4.23. The van der Waals surface area contributed by atoms with E-state index in [1.807, 2.05) is 25.1 Å². The van der Waals surface area contributed by atoms with Gasteiger partial charge in [-0.25, -0.2) is 0 Å². The molecule has 2 aromatic carbocycles. The Hall–Kier alpha value is -3.15. The molecule has 0 aromatic heterocycles. The molecule has 4 rings (SSSR count). The molecule has 7 nitrogen and oxygen atoms in total. The maximum absolute atomic E-state index is 13.3. The zero-order chi connectivity index (χ0) is 23.6. The highest BCUT2D eigenvalue weighted by molar-refractivity contribution is 8.03. The van der Waals surface area contributed by atoms with Crippen molar-refractivity contribution in [3.05, 3.63) is 64.2 Å².